The molecule has 0 fully saturated rings. The third-order valence-corrected chi connectivity index (χ3v) is 5.70. The highest BCUT2D eigenvalue weighted by molar-refractivity contribution is 6.05. The second-order valence-corrected chi connectivity index (χ2v) is 7.96. The first-order valence-corrected chi connectivity index (χ1v) is 10.6. The predicted octanol–water partition coefficient (Wildman–Crippen LogP) is 3.75. The zero-order valence-corrected chi connectivity index (χ0v) is 17.9. The number of aromatic nitrogens is 3. The van der Waals surface area contributed by atoms with E-state index in [0.29, 0.717) is 23.7 Å². The van der Waals surface area contributed by atoms with Crippen LogP contribution in [0.2, 0.25) is 0 Å². The molecule has 8 heteroatoms. The van der Waals surface area contributed by atoms with Gasteiger partial charge in [-0.15, -0.1) is 0 Å². The highest BCUT2D eigenvalue weighted by atomic mass is 16.2. The van der Waals surface area contributed by atoms with Crippen LogP contribution in [0.1, 0.15) is 35.3 Å². The molecule has 0 unspecified atom stereocenters. The molecule has 0 saturated heterocycles. The molecule has 2 aromatic heterocycles. The van der Waals surface area contributed by atoms with E-state index in [2.05, 4.69) is 15.3 Å². The van der Waals surface area contributed by atoms with E-state index in [-0.39, 0.29) is 24.0 Å². The first kappa shape index (κ1) is 20.6. The van der Waals surface area contributed by atoms with Gasteiger partial charge in [-0.05, 0) is 55.0 Å². The van der Waals surface area contributed by atoms with Gasteiger partial charge in [0.1, 0.15) is 6.04 Å². The van der Waals surface area contributed by atoms with Crippen molar-refractivity contribution in [3.05, 3.63) is 84.2 Å². The molecule has 33 heavy (non-hydrogen) atoms. The Morgan fingerprint density at radius 2 is 1.82 bits per heavy atom. The van der Waals surface area contributed by atoms with Crippen molar-refractivity contribution in [2.45, 2.75) is 25.9 Å². The topological polar surface area (TPSA) is 97.2 Å². The molecule has 1 aliphatic heterocycles. The lowest BCUT2D eigenvalue weighted by atomic mass is 10.1. The fourth-order valence-corrected chi connectivity index (χ4v) is 4.10. The molecule has 0 radical (unpaired) electrons. The summed E-state index contributed by atoms with van der Waals surface area (Å²) >= 11 is 0. The molecule has 3 heterocycles. The number of anilines is 2. The molecule has 0 aliphatic carbocycles. The third-order valence-electron chi connectivity index (χ3n) is 5.70. The smallest absolute Gasteiger partial charge is 0.253 e. The highest BCUT2D eigenvalue weighted by Gasteiger charge is 2.40. The number of pyridine rings is 1. The Bertz CT molecular complexity index is 1360. The van der Waals surface area contributed by atoms with E-state index in [1.54, 1.807) is 41.6 Å². The number of amides is 2. The minimum Gasteiger partial charge on any atom is -0.326 e. The van der Waals surface area contributed by atoms with Gasteiger partial charge >= 0.3 is 0 Å². The summed E-state index contributed by atoms with van der Waals surface area (Å²) in [5.41, 5.74) is 3.58. The average molecular weight is 439 g/mol. The van der Waals surface area contributed by atoms with Crippen LogP contribution >= 0.6 is 0 Å². The number of carbonyl (C=O) groups excluding carboxylic acids is 3. The summed E-state index contributed by atoms with van der Waals surface area (Å²) < 4.78 is 1.84. The van der Waals surface area contributed by atoms with E-state index in [1.807, 2.05) is 41.0 Å². The standard InChI is InChI=1S/C25H21N5O3/c1-16(31)18-8-10-19(11-9-18)27-23(32)13-22-24(33)29(15-17-5-4-12-26-14-17)25-28-20-6-2-3-7-21(20)30(22)25/h2-12,14,22H,13,15H2,1H3,(H,27,32)/t22-/m0/s1. The van der Waals surface area contributed by atoms with E-state index < -0.39 is 6.04 Å². The number of imidazole rings is 1. The van der Waals surface area contributed by atoms with Crippen LogP contribution in [0.15, 0.2) is 73.1 Å². The number of fused-ring (bicyclic) bond motifs is 3. The molecule has 5 rings (SSSR count). The molecule has 4 aromatic rings. The predicted molar refractivity (Wildman–Crippen MR) is 124 cm³/mol. The molecule has 1 atom stereocenters. The molecule has 1 aliphatic rings. The zero-order valence-electron chi connectivity index (χ0n) is 17.9. The second-order valence-electron chi connectivity index (χ2n) is 7.96. The first-order chi connectivity index (χ1) is 16.0. The zero-order chi connectivity index (χ0) is 22.9. The normalized spacial score (nSPS) is 15.0. The van der Waals surface area contributed by atoms with Crippen LogP contribution in [-0.2, 0) is 16.1 Å². The van der Waals surface area contributed by atoms with Gasteiger partial charge in [-0.1, -0.05) is 18.2 Å². The van der Waals surface area contributed by atoms with Crippen LogP contribution in [0.25, 0.3) is 11.0 Å². The van der Waals surface area contributed by atoms with Gasteiger partial charge in [0.25, 0.3) is 5.91 Å². The van der Waals surface area contributed by atoms with Crippen molar-refractivity contribution in [2.75, 3.05) is 10.2 Å². The lowest BCUT2D eigenvalue weighted by Gasteiger charge is -2.16. The molecule has 1 N–H and O–H groups in total. The molecule has 2 aromatic carbocycles. The fourth-order valence-electron chi connectivity index (χ4n) is 4.10. The Morgan fingerprint density at radius 1 is 1.03 bits per heavy atom. The molecule has 164 valence electrons. The van der Waals surface area contributed by atoms with Crippen LogP contribution in [0.3, 0.4) is 0 Å². The molecule has 0 saturated carbocycles. The number of Topliss-reactive ketones (excluding diaryl/α,β-unsaturated/α-hetero) is 1. The summed E-state index contributed by atoms with van der Waals surface area (Å²) in [5, 5.41) is 2.83. The molecular formula is C25H21N5O3. The minimum atomic E-state index is -0.708. The highest BCUT2D eigenvalue weighted by Crippen LogP contribution is 2.37. The third kappa shape index (κ3) is 3.87. The summed E-state index contributed by atoms with van der Waals surface area (Å²) in [4.78, 5) is 48.2. The number of para-hydroxylation sites is 2. The minimum absolute atomic E-state index is 0.0375. The van der Waals surface area contributed by atoms with Crippen molar-refractivity contribution in [1.29, 1.82) is 0 Å². The molecular weight excluding hydrogens is 418 g/mol. The molecule has 8 nitrogen and oxygen atoms in total. The van der Waals surface area contributed by atoms with Gasteiger partial charge in [-0.2, -0.15) is 0 Å². The molecule has 0 spiro atoms. The van der Waals surface area contributed by atoms with E-state index in [1.165, 1.54) is 6.92 Å². The Labute approximate surface area is 189 Å². The van der Waals surface area contributed by atoms with Gasteiger partial charge in [-0.3, -0.25) is 28.8 Å². The summed E-state index contributed by atoms with van der Waals surface area (Å²) in [6.07, 6.45) is 3.36. The van der Waals surface area contributed by atoms with E-state index >= 15 is 0 Å². The maximum Gasteiger partial charge on any atom is 0.253 e. The SMILES string of the molecule is CC(=O)c1ccc(NC(=O)C[C@H]2C(=O)N(Cc3cccnc3)c3nc4ccccc4n32)cc1. The number of carbonyl (C=O) groups is 3. The quantitative estimate of drug-likeness (QED) is 0.462. The number of hydrogen-bond acceptors (Lipinski definition) is 5. The largest absolute Gasteiger partial charge is 0.326 e. The number of hydrogen-bond donors (Lipinski definition) is 1. The van der Waals surface area contributed by atoms with Gasteiger partial charge in [0.15, 0.2) is 5.78 Å². The van der Waals surface area contributed by atoms with E-state index in [9.17, 15) is 14.4 Å². The number of nitrogens with one attached hydrogen (secondary N) is 1. The maximum atomic E-state index is 13.4. The summed E-state index contributed by atoms with van der Waals surface area (Å²) in [7, 11) is 0. The summed E-state index contributed by atoms with van der Waals surface area (Å²) in [6.45, 7) is 1.81. The number of rotatable bonds is 6. The summed E-state index contributed by atoms with van der Waals surface area (Å²) in [6, 6.07) is 17.3. The molecule has 2 amide bonds. The van der Waals surface area contributed by atoms with E-state index in [0.717, 1.165) is 16.6 Å². The van der Waals surface area contributed by atoms with Gasteiger partial charge in [0.05, 0.1) is 24.0 Å². The lowest BCUT2D eigenvalue weighted by Crippen LogP contribution is -2.31. The van der Waals surface area contributed by atoms with Crippen LogP contribution < -0.4 is 10.2 Å². The Balaban J connectivity index is 1.43. The molecule has 0 bridgehead atoms. The van der Waals surface area contributed by atoms with Crippen molar-refractivity contribution in [3.8, 4) is 0 Å². The fraction of sp³-hybridized carbons (Fsp3) is 0.160. The second kappa shape index (κ2) is 8.31. The number of benzene rings is 2. The average Bonchev–Trinajstić information content (AvgIpc) is 3.31. The van der Waals surface area contributed by atoms with Gasteiger partial charge in [0.2, 0.25) is 11.9 Å². The van der Waals surface area contributed by atoms with E-state index in [4.69, 9.17) is 0 Å². The van der Waals surface area contributed by atoms with Gasteiger partial charge in [-0.25, -0.2) is 4.98 Å². The van der Waals surface area contributed by atoms with Gasteiger partial charge in [0, 0.05) is 23.6 Å². The number of nitrogens with zero attached hydrogens (tertiary/aromatic N) is 4. The van der Waals surface area contributed by atoms with Crippen molar-refractivity contribution in [1.82, 2.24) is 14.5 Å². The van der Waals surface area contributed by atoms with Crippen LogP contribution in [-0.4, -0.2) is 32.1 Å². The number of ketones is 1. The summed E-state index contributed by atoms with van der Waals surface area (Å²) in [5.74, 6) is -0.00335. The maximum absolute atomic E-state index is 13.4. The van der Waals surface area contributed by atoms with Crippen molar-refractivity contribution in [3.63, 3.8) is 0 Å². The van der Waals surface area contributed by atoms with Crippen LogP contribution in [0.5, 0.6) is 0 Å². The van der Waals surface area contributed by atoms with Crippen molar-refractivity contribution >= 4 is 40.3 Å². The Morgan fingerprint density at radius 3 is 2.55 bits per heavy atom. The van der Waals surface area contributed by atoms with Crippen LogP contribution in [0, 0.1) is 0 Å². The first-order valence-electron chi connectivity index (χ1n) is 10.6. The monoisotopic (exact) mass is 439 g/mol. The Hall–Kier alpha value is -4.33. The van der Waals surface area contributed by atoms with Crippen molar-refractivity contribution in [2.24, 2.45) is 0 Å². The van der Waals surface area contributed by atoms with Crippen molar-refractivity contribution < 1.29 is 14.4 Å². The Kier molecular flexibility index (Phi) is 5.18. The lowest BCUT2D eigenvalue weighted by molar-refractivity contribution is -0.124. The van der Waals surface area contributed by atoms with Crippen LogP contribution in [0.4, 0.5) is 11.6 Å². The van der Waals surface area contributed by atoms with Gasteiger partial charge < -0.3 is 5.32 Å².